The van der Waals surface area contributed by atoms with E-state index in [1.807, 2.05) is 0 Å². The lowest BCUT2D eigenvalue weighted by molar-refractivity contribution is 0.0321. The third-order valence-electron chi connectivity index (χ3n) is 3.15. The molecule has 140 valence electrons. The first-order chi connectivity index (χ1) is 12.1. The molecule has 0 fully saturated rings. The van der Waals surface area contributed by atoms with Crippen molar-refractivity contribution in [3.63, 3.8) is 0 Å². The zero-order chi connectivity index (χ0) is 19.5. The molecule has 3 N–H and O–H groups in total. The number of nitrogen functional groups attached to an aromatic ring is 1. The maximum Gasteiger partial charge on any atom is 0.340 e. The molecule has 0 spiro atoms. The monoisotopic (exact) mass is 380 g/mol. The Hall–Kier alpha value is -2.95. The van der Waals surface area contributed by atoms with Gasteiger partial charge in [0.2, 0.25) is 21.9 Å². The second-order valence-electron chi connectivity index (χ2n) is 5.71. The van der Waals surface area contributed by atoms with Gasteiger partial charge in [-0.05, 0) is 19.1 Å². The van der Waals surface area contributed by atoms with Gasteiger partial charge in [0.15, 0.2) is 11.9 Å². The molecule has 2 rings (SSSR count). The summed E-state index contributed by atoms with van der Waals surface area (Å²) in [5, 5.41) is 0. The summed E-state index contributed by atoms with van der Waals surface area (Å²) in [4.78, 5) is 26.3. The molecule has 2 aromatic rings. The molecule has 0 bridgehead atoms. The zero-order valence-electron chi connectivity index (χ0n) is 14.8. The van der Waals surface area contributed by atoms with Crippen molar-refractivity contribution < 1.29 is 17.9 Å². The fraction of sp³-hybridized carbons (Fsp3) is 0.333. The van der Waals surface area contributed by atoms with E-state index < -0.39 is 22.1 Å². The fourth-order valence-electron chi connectivity index (χ4n) is 2.01. The van der Waals surface area contributed by atoms with Gasteiger partial charge in [0, 0.05) is 14.1 Å². The number of para-hydroxylation sites is 1. The lowest BCUT2D eigenvalue weighted by Crippen LogP contribution is -2.19. The number of nitrogens with two attached hydrogens (primary N) is 1. The Morgan fingerprint density at radius 3 is 2.50 bits per heavy atom. The highest BCUT2D eigenvalue weighted by Crippen LogP contribution is 2.22. The molecule has 1 heterocycles. The van der Waals surface area contributed by atoms with Gasteiger partial charge >= 0.3 is 5.97 Å². The van der Waals surface area contributed by atoms with Crippen molar-refractivity contribution in [3.05, 3.63) is 35.7 Å². The second-order valence-corrected chi connectivity index (χ2v) is 7.46. The molecule has 1 aromatic heterocycles. The molecular formula is C15H20N6O4S. The van der Waals surface area contributed by atoms with E-state index in [-0.39, 0.29) is 23.0 Å². The SMILES string of the molecule is C[C@@H](OC(=O)c1ccccc1NS(C)(=O)=O)c1nc(N)nc(N(C)C)n1. The number of anilines is 3. The van der Waals surface area contributed by atoms with Crippen molar-refractivity contribution in [2.75, 3.05) is 35.7 Å². The number of hydrogen-bond acceptors (Lipinski definition) is 9. The summed E-state index contributed by atoms with van der Waals surface area (Å²) in [6, 6.07) is 6.12. The third kappa shape index (κ3) is 5.02. The van der Waals surface area contributed by atoms with E-state index >= 15 is 0 Å². The Morgan fingerprint density at radius 1 is 1.23 bits per heavy atom. The topological polar surface area (TPSA) is 140 Å². The molecule has 0 saturated heterocycles. The average Bonchev–Trinajstić information content (AvgIpc) is 2.53. The second kappa shape index (κ2) is 7.52. The van der Waals surface area contributed by atoms with Crippen LogP contribution in [0, 0.1) is 0 Å². The van der Waals surface area contributed by atoms with Crippen molar-refractivity contribution >= 4 is 33.6 Å². The van der Waals surface area contributed by atoms with E-state index in [4.69, 9.17) is 10.5 Å². The lowest BCUT2D eigenvalue weighted by atomic mass is 10.2. The van der Waals surface area contributed by atoms with Gasteiger partial charge in [0.25, 0.3) is 0 Å². The van der Waals surface area contributed by atoms with Gasteiger partial charge in [-0.25, -0.2) is 13.2 Å². The van der Waals surface area contributed by atoms with Crippen molar-refractivity contribution in [2.45, 2.75) is 13.0 Å². The number of nitrogens with one attached hydrogen (secondary N) is 1. The Kier molecular flexibility index (Phi) is 5.60. The summed E-state index contributed by atoms with van der Waals surface area (Å²) in [6.07, 6.45) is 0.173. The van der Waals surface area contributed by atoms with Crippen LogP contribution in [0.15, 0.2) is 24.3 Å². The van der Waals surface area contributed by atoms with E-state index in [9.17, 15) is 13.2 Å². The highest BCUT2D eigenvalue weighted by molar-refractivity contribution is 7.92. The van der Waals surface area contributed by atoms with E-state index in [1.165, 1.54) is 12.1 Å². The van der Waals surface area contributed by atoms with Gasteiger partial charge in [-0.3, -0.25) is 4.72 Å². The lowest BCUT2D eigenvalue weighted by Gasteiger charge is -2.16. The minimum Gasteiger partial charge on any atom is -0.451 e. The molecular weight excluding hydrogens is 360 g/mol. The fourth-order valence-corrected chi connectivity index (χ4v) is 2.58. The number of nitrogens with zero attached hydrogens (tertiary/aromatic N) is 4. The molecule has 0 amide bonds. The van der Waals surface area contributed by atoms with Crippen LogP contribution >= 0.6 is 0 Å². The first-order valence-corrected chi connectivity index (χ1v) is 9.42. The first kappa shape index (κ1) is 19.4. The summed E-state index contributed by atoms with van der Waals surface area (Å²) in [5.74, 6) is -0.215. The molecule has 0 aliphatic rings. The van der Waals surface area contributed by atoms with Crippen molar-refractivity contribution in [1.82, 2.24) is 15.0 Å². The van der Waals surface area contributed by atoms with Crippen LogP contribution in [-0.4, -0.2) is 49.7 Å². The predicted octanol–water partition coefficient (Wildman–Crippen LogP) is 0.809. The maximum atomic E-state index is 12.5. The predicted molar refractivity (Wildman–Crippen MR) is 97.3 cm³/mol. The Bertz CT molecular complexity index is 916. The minimum absolute atomic E-state index is 0.000687. The smallest absolute Gasteiger partial charge is 0.340 e. The van der Waals surface area contributed by atoms with Gasteiger partial charge in [-0.15, -0.1) is 0 Å². The van der Waals surface area contributed by atoms with E-state index in [2.05, 4.69) is 19.7 Å². The highest BCUT2D eigenvalue weighted by atomic mass is 32.2. The standard InChI is InChI=1S/C15H20N6O4S/c1-9(12-17-14(16)19-15(18-12)21(2)3)25-13(22)10-7-5-6-8-11(10)20-26(4,23)24/h5-9,20H,1-4H3,(H2,16,17,18,19)/t9-/m1/s1. The van der Waals surface area contributed by atoms with Crippen LogP contribution in [0.25, 0.3) is 0 Å². The van der Waals surface area contributed by atoms with E-state index in [0.29, 0.717) is 5.95 Å². The maximum absolute atomic E-state index is 12.5. The summed E-state index contributed by atoms with van der Waals surface area (Å²) < 4.78 is 30.5. The molecule has 10 nitrogen and oxygen atoms in total. The number of sulfonamides is 1. The zero-order valence-corrected chi connectivity index (χ0v) is 15.6. The van der Waals surface area contributed by atoms with E-state index in [1.54, 1.807) is 38.1 Å². The molecule has 11 heteroatoms. The largest absolute Gasteiger partial charge is 0.451 e. The number of hydrogen-bond donors (Lipinski definition) is 2. The molecule has 26 heavy (non-hydrogen) atoms. The molecule has 0 aliphatic carbocycles. The van der Waals surface area contributed by atoms with E-state index in [0.717, 1.165) is 6.26 Å². The molecule has 1 atom stereocenters. The highest BCUT2D eigenvalue weighted by Gasteiger charge is 2.21. The third-order valence-corrected chi connectivity index (χ3v) is 3.74. The van der Waals surface area contributed by atoms with Gasteiger partial charge in [-0.2, -0.15) is 15.0 Å². The average molecular weight is 380 g/mol. The van der Waals surface area contributed by atoms with Crippen molar-refractivity contribution in [2.24, 2.45) is 0 Å². The van der Waals surface area contributed by atoms with Gasteiger partial charge in [0.1, 0.15) is 0 Å². The van der Waals surface area contributed by atoms with Crippen LogP contribution in [0.4, 0.5) is 17.6 Å². The molecule has 1 aromatic carbocycles. The molecule has 0 radical (unpaired) electrons. The number of rotatable bonds is 6. The Morgan fingerprint density at radius 2 is 1.88 bits per heavy atom. The Balaban J connectivity index is 2.25. The number of aromatic nitrogens is 3. The quantitative estimate of drug-likeness (QED) is 0.696. The number of esters is 1. The van der Waals surface area contributed by atoms with Crippen molar-refractivity contribution in [1.29, 1.82) is 0 Å². The first-order valence-electron chi connectivity index (χ1n) is 7.53. The molecule has 0 unspecified atom stereocenters. The van der Waals surface area contributed by atoms with Gasteiger partial charge in [-0.1, -0.05) is 12.1 Å². The summed E-state index contributed by atoms with van der Waals surface area (Å²) in [7, 11) is -0.0705. The number of carbonyl (C=O) groups is 1. The summed E-state index contributed by atoms with van der Waals surface area (Å²) in [5.41, 5.74) is 5.86. The van der Waals surface area contributed by atoms with Crippen LogP contribution in [0.2, 0.25) is 0 Å². The minimum atomic E-state index is -3.55. The molecule has 0 aliphatic heterocycles. The van der Waals surface area contributed by atoms with Crippen LogP contribution < -0.4 is 15.4 Å². The number of ether oxygens (including phenoxy) is 1. The van der Waals surface area contributed by atoms with Crippen LogP contribution in [-0.2, 0) is 14.8 Å². The van der Waals surface area contributed by atoms with Gasteiger partial charge < -0.3 is 15.4 Å². The van der Waals surface area contributed by atoms with Crippen LogP contribution in [0.1, 0.15) is 29.2 Å². The normalized spacial score (nSPS) is 12.3. The summed E-state index contributed by atoms with van der Waals surface area (Å²) >= 11 is 0. The molecule has 0 saturated carbocycles. The van der Waals surface area contributed by atoms with Crippen LogP contribution in [0.5, 0.6) is 0 Å². The van der Waals surface area contributed by atoms with Gasteiger partial charge in [0.05, 0.1) is 17.5 Å². The van der Waals surface area contributed by atoms with Crippen LogP contribution in [0.3, 0.4) is 0 Å². The summed E-state index contributed by atoms with van der Waals surface area (Å²) in [6.45, 7) is 1.58. The number of carbonyl (C=O) groups excluding carboxylic acids is 1. The number of benzene rings is 1. The van der Waals surface area contributed by atoms with Crippen molar-refractivity contribution in [3.8, 4) is 0 Å². The Labute approximate surface area is 151 Å².